The average molecular weight is 458 g/mol. The second kappa shape index (κ2) is 6.92. The molecule has 0 fully saturated rings. The van der Waals surface area contributed by atoms with Gasteiger partial charge in [-0.2, -0.15) is 0 Å². The van der Waals surface area contributed by atoms with Gasteiger partial charge in [-0.1, -0.05) is 36.4 Å². The van der Waals surface area contributed by atoms with Gasteiger partial charge in [-0.15, -0.1) is 0 Å². The molecule has 4 heteroatoms. The minimum atomic E-state index is -0.135. The minimum absolute atomic E-state index is 0.135. The number of nitrogens with zero attached hydrogens (tertiary/aromatic N) is 3. The maximum Gasteiger partial charge on any atom is 0.137 e. The Hall–Kier alpha value is -4.18. The number of aryl methyl sites for hydroxylation is 1. The fourth-order valence-corrected chi connectivity index (χ4v) is 5.56. The van der Waals surface area contributed by atoms with Crippen LogP contribution < -0.4 is 4.90 Å². The van der Waals surface area contributed by atoms with Crippen molar-refractivity contribution in [1.29, 1.82) is 0 Å². The molecule has 0 unspecified atom stereocenters. The normalized spacial score (nSPS) is 15.4. The lowest BCUT2D eigenvalue weighted by Gasteiger charge is -2.39. The summed E-state index contributed by atoms with van der Waals surface area (Å²) in [5, 5.41) is 4.79. The summed E-state index contributed by atoms with van der Waals surface area (Å²) in [6.07, 6.45) is 4.34. The van der Waals surface area contributed by atoms with Crippen LogP contribution in [0.5, 0.6) is 0 Å². The molecule has 0 saturated heterocycles. The summed E-state index contributed by atoms with van der Waals surface area (Å²) in [6, 6.07) is 28.1. The van der Waals surface area contributed by atoms with Gasteiger partial charge in [-0.25, -0.2) is 0 Å². The van der Waals surface area contributed by atoms with Gasteiger partial charge in [-0.05, 0) is 62.7 Å². The maximum atomic E-state index is 6.28. The summed E-state index contributed by atoms with van der Waals surface area (Å²) < 4.78 is 8.65. The lowest BCUT2D eigenvalue weighted by Crippen LogP contribution is -2.46. The SMILES string of the molecule is Cc1cc2c(cc1N1C=CN(C)C1(C)C)c1cc3c(cc1n2-c1ccccc1)oc1ccccc13. The van der Waals surface area contributed by atoms with Crippen LogP contribution in [0.4, 0.5) is 5.69 Å². The van der Waals surface area contributed by atoms with Crippen molar-refractivity contribution in [3.05, 3.63) is 96.8 Å². The van der Waals surface area contributed by atoms with E-state index in [9.17, 15) is 0 Å². The molecule has 0 aliphatic carbocycles. The predicted octanol–water partition coefficient (Wildman–Crippen LogP) is 7.95. The van der Waals surface area contributed by atoms with Crippen molar-refractivity contribution in [2.45, 2.75) is 26.4 Å². The zero-order chi connectivity index (χ0) is 23.9. The van der Waals surface area contributed by atoms with Gasteiger partial charge in [0.2, 0.25) is 0 Å². The van der Waals surface area contributed by atoms with Crippen LogP contribution in [0, 0.1) is 6.92 Å². The van der Waals surface area contributed by atoms with E-state index in [-0.39, 0.29) is 5.66 Å². The fraction of sp³-hybridized carbons (Fsp3) is 0.161. The van der Waals surface area contributed by atoms with E-state index in [1.807, 2.05) is 12.1 Å². The number of hydrogen-bond donors (Lipinski definition) is 0. The summed E-state index contributed by atoms with van der Waals surface area (Å²) in [7, 11) is 2.13. The maximum absolute atomic E-state index is 6.28. The lowest BCUT2D eigenvalue weighted by atomic mass is 10.0. The molecule has 0 saturated carbocycles. The Morgan fingerprint density at radius 1 is 0.686 bits per heavy atom. The van der Waals surface area contributed by atoms with E-state index >= 15 is 0 Å². The molecule has 0 amide bonds. The topological polar surface area (TPSA) is 24.6 Å². The van der Waals surface area contributed by atoms with E-state index in [4.69, 9.17) is 4.42 Å². The first-order chi connectivity index (χ1) is 16.9. The van der Waals surface area contributed by atoms with E-state index in [0.29, 0.717) is 0 Å². The Kier molecular flexibility index (Phi) is 4.00. The summed E-state index contributed by atoms with van der Waals surface area (Å²) in [5.41, 5.74) is 7.70. The average Bonchev–Trinajstić information content (AvgIpc) is 3.46. The van der Waals surface area contributed by atoms with E-state index in [1.54, 1.807) is 0 Å². The molecule has 2 aromatic heterocycles. The fourth-order valence-electron chi connectivity index (χ4n) is 5.56. The van der Waals surface area contributed by atoms with Crippen LogP contribution in [-0.2, 0) is 0 Å². The predicted molar refractivity (Wildman–Crippen MR) is 146 cm³/mol. The summed E-state index contributed by atoms with van der Waals surface area (Å²) >= 11 is 0. The molecule has 7 rings (SSSR count). The van der Waals surface area contributed by atoms with E-state index in [1.165, 1.54) is 27.5 Å². The van der Waals surface area contributed by atoms with Crippen LogP contribution in [-0.4, -0.2) is 22.2 Å². The number of furan rings is 1. The molecule has 4 aromatic carbocycles. The highest BCUT2D eigenvalue weighted by molar-refractivity contribution is 6.18. The molecule has 172 valence electrons. The lowest BCUT2D eigenvalue weighted by molar-refractivity contribution is 0.253. The molecule has 0 radical (unpaired) electrons. The zero-order valence-corrected chi connectivity index (χ0v) is 20.4. The molecule has 0 atom stereocenters. The second-order valence-electron chi connectivity index (χ2n) is 10.1. The van der Waals surface area contributed by atoms with Crippen molar-refractivity contribution < 1.29 is 4.42 Å². The van der Waals surface area contributed by atoms with Crippen molar-refractivity contribution in [3.8, 4) is 5.69 Å². The highest BCUT2D eigenvalue weighted by Gasteiger charge is 2.34. The molecular formula is C31H27N3O. The van der Waals surface area contributed by atoms with Gasteiger partial charge in [0.25, 0.3) is 0 Å². The highest BCUT2D eigenvalue weighted by atomic mass is 16.3. The summed E-state index contributed by atoms with van der Waals surface area (Å²) in [4.78, 5) is 4.63. The van der Waals surface area contributed by atoms with E-state index in [0.717, 1.165) is 33.1 Å². The monoisotopic (exact) mass is 457 g/mol. The largest absolute Gasteiger partial charge is 0.456 e. The molecule has 0 spiro atoms. The number of rotatable bonds is 2. The van der Waals surface area contributed by atoms with Gasteiger partial charge in [0.15, 0.2) is 0 Å². The van der Waals surface area contributed by atoms with Crippen molar-refractivity contribution in [3.63, 3.8) is 0 Å². The van der Waals surface area contributed by atoms with Crippen molar-refractivity contribution >= 4 is 49.4 Å². The number of anilines is 1. The molecule has 4 nitrogen and oxygen atoms in total. The van der Waals surface area contributed by atoms with Gasteiger partial charge in [0.1, 0.15) is 16.8 Å². The second-order valence-corrected chi connectivity index (χ2v) is 10.1. The Morgan fingerprint density at radius 2 is 1.40 bits per heavy atom. The number of aromatic nitrogens is 1. The van der Waals surface area contributed by atoms with Gasteiger partial charge in [0.05, 0.1) is 11.0 Å². The summed E-state index contributed by atoms with van der Waals surface area (Å²) in [6.45, 7) is 6.72. The van der Waals surface area contributed by atoms with Gasteiger partial charge in [-0.3, -0.25) is 0 Å². The van der Waals surface area contributed by atoms with Gasteiger partial charge in [0, 0.05) is 58.4 Å². The first-order valence-corrected chi connectivity index (χ1v) is 12.1. The van der Waals surface area contributed by atoms with E-state index in [2.05, 4.69) is 121 Å². The Bertz CT molecular complexity index is 1800. The first-order valence-electron chi connectivity index (χ1n) is 12.1. The van der Waals surface area contributed by atoms with Crippen LogP contribution in [0.25, 0.3) is 49.4 Å². The molecule has 1 aliphatic heterocycles. The van der Waals surface area contributed by atoms with Gasteiger partial charge < -0.3 is 18.8 Å². The number of fused-ring (bicyclic) bond motifs is 6. The zero-order valence-electron chi connectivity index (χ0n) is 20.4. The van der Waals surface area contributed by atoms with E-state index < -0.39 is 0 Å². The molecular weight excluding hydrogens is 430 g/mol. The van der Waals surface area contributed by atoms with Crippen LogP contribution in [0.3, 0.4) is 0 Å². The number of benzene rings is 4. The Morgan fingerprint density at radius 3 is 2.17 bits per heavy atom. The standard InChI is InChI=1S/C31H27N3O/c1-20-16-27-24(18-26(20)33-15-14-32(4)31(33,2)3)23-17-25-22-12-8-9-13-29(22)35-30(25)19-28(23)34(27)21-10-6-5-7-11-21/h5-19H,1-4H3. The molecule has 6 aromatic rings. The van der Waals surface area contributed by atoms with Gasteiger partial charge >= 0.3 is 0 Å². The third-order valence-corrected chi connectivity index (χ3v) is 7.75. The Balaban J connectivity index is 1.61. The third kappa shape index (κ3) is 2.74. The highest BCUT2D eigenvalue weighted by Crippen LogP contribution is 2.42. The van der Waals surface area contributed by atoms with Crippen molar-refractivity contribution in [2.24, 2.45) is 0 Å². The summed E-state index contributed by atoms with van der Waals surface area (Å²) in [5.74, 6) is 0. The van der Waals surface area contributed by atoms with Crippen molar-refractivity contribution in [2.75, 3.05) is 11.9 Å². The first kappa shape index (κ1) is 20.2. The third-order valence-electron chi connectivity index (χ3n) is 7.75. The molecule has 35 heavy (non-hydrogen) atoms. The number of hydrogen-bond acceptors (Lipinski definition) is 3. The smallest absolute Gasteiger partial charge is 0.137 e. The van der Waals surface area contributed by atoms with Crippen molar-refractivity contribution in [1.82, 2.24) is 9.47 Å². The van der Waals surface area contributed by atoms with Crippen LogP contribution in [0.15, 0.2) is 95.7 Å². The molecule has 0 N–H and O–H groups in total. The molecule has 0 bridgehead atoms. The minimum Gasteiger partial charge on any atom is -0.456 e. The number of para-hydroxylation sites is 2. The Labute approximate surface area is 204 Å². The van der Waals surface area contributed by atoms with Crippen LogP contribution >= 0.6 is 0 Å². The van der Waals surface area contributed by atoms with Crippen LogP contribution in [0.2, 0.25) is 0 Å². The quantitative estimate of drug-likeness (QED) is 0.264. The molecule has 1 aliphatic rings. The molecule has 3 heterocycles. The van der Waals surface area contributed by atoms with Crippen LogP contribution in [0.1, 0.15) is 19.4 Å².